The Hall–Kier alpha value is -1.43. The van der Waals surface area contributed by atoms with E-state index in [0.29, 0.717) is 5.16 Å². The van der Waals surface area contributed by atoms with E-state index in [9.17, 15) is 0 Å². The molecule has 16 heavy (non-hydrogen) atoms. The smallest absolute Gasteiger partial charge is 0.208 e. The third-order valence-electron chi connectivity index (χ3n) is 2.21. The van der Waals surface area contributed by atoms with Crippen LogP contribution in [0.2, 0.25) is 0 Å². The van der Waals surface area contributed by atoms with Crippen LogP contribution in [0.5, 0.6) is 0 Å². The van der Waals surface area contributed by atoms with Gasteiger partial charge in [0.25, 0.3) is 0 Å². The number of nitrogens with zero attached hydrogens (tertiary/aromatic N) is 4. The van der Waals surface area contributed by atoms with Gasteiger partial charge in [-0.2, -0.15) is 5.10 Å². The van der Waals surface area contributed by atoms with E-state index >= 15 is 0 Å². The number of hydrogen-bond acceptors (Lipinski definition) is 5. The second-order valence-corrected chi connectivity index (χ2v) is 4.10. The highest BCUT2D eigenvalue weighted by atomic mass is 32.2. The Morgan fingerprint density at radius 2 is 2.25 bits per heavy atom. The summed E-state index contributed by atoms with van der Waals surface area (Å²) in [5, 5.41) is 15.9. The molecule has 6 heteroatoms. The molecule has 2 aromatic heterocycles. The van der Waals surface area contributed by atoms with Crippen LogP contribution < -0.4 is 0 Å². The lowest BCUT2D eigenvalue weighted by molar-refractivity contribution is 0.839. The monoisotopic (exact) mass is 235 g/mol. The third kappa shape index (κ3) is 2.21. The van der Waals surface area contributed by atoms with Crippen LogP contribution in [0, 0.1) is 0 Å². The van der Waals surface area contributed by atoms with Gasteiger partial charge in [-0.1, -0.05) is 25.1 Å². The van der Waals surface area contributed by atoms with Crippen molar-refractivity contribution < 1.29 is 0 Å². The number of H-pyrrole nitrogens is 1. The van der Waals surface area contributed by atoms with E-state index in [1.165, 1.54) is 11.8 Å². The molecule has 0 spiro atoms. The number of thioether (sulfide) groups is 1. The molecular formula is C10H13N5S. The molecule has 0 fully saturated rings. The zero-order valence-corrected chi connectivity index (χ0v) is 10.1. The first kappa shape index (κ1) is 11.1. The minimum atomic E-state index is 0.685. The zero-order valence-electron chi connectivity index (χ0n) is 9.27. The van der Waals surface area contributed by atoms with Crippen LogP contribution in [0.4, 0.5) is 0 Å². The Labute approximate surface area is 98.1 Å². The summed E-state index contributed by atoms with van der Waals surface area (Å²) < 4.78 is 0. The molecule has 2 heterocycles. The number of nitrogens with one attached hydrogen (secondary N) is 1. The molecule has 84 valence electrons. The van der Waals surface area contributed by atoms with Crippen molar-refractivity contribution in [2.75, 3.05) is 6.26 Å². The second-order valence-electron chi connectivity index (χ2n) is 3.33. The Balaban J connectivity index is 2.31. The van der Waals surface area contributed by atoms with E-state index in [2.05, 4.69) is 32.3 Å². The first-order chi connectivity index (χ1) is 7.85. The summed E-state index contributed by atoms with van der Waals surface area (Å²) in [7, 11) is 0. The summed E-state index contributed by atoms with van der Waals surface area (Å²) in [5.41, 5.74) is 2.79. The van der Waals surface area contributed by atoms with Crippen molar-refractivity contribution in [3.8, 4) is 11.3 Å². The predicted octanol–water partition coefficient (Wildman–Crippen LogP) is 1.94. The number of hydrogen-bond donors (Lipinski definition) is 1. The summed E-state index contributed by atoms with van der Waals surface area (Å²) in [6.07, 6.45) is 7.50. The number of aryl methyl sites for hydroxylation is 1. The van der Waals surface area contributed by atoms with E-state index in [1.807, 2.05) is 12.5 Å². The quantitative estimate of drug-likeness (QED) is 0.820. The number of aromatic amines is 1. The average Bonchev–Trinajstić information content (AvgIpc) is 2.78. The normalized spacial score (nSPS) is 10.6. The SMILES string of the molecule is CCCc1n[nH]cc1-c1cnc(SC)nn1. The fourth-order valence-corrected chi connectivity index (χ4v) is 1.73. The summed E-state index contributed by atoms with van der Waals surface area (Å²) in [4.78, 5) is 4.20. The molecule has 0 aromatic carbocycles. The van der Waals surface area contributed by atoms with Gasteiger partial charge in [0.2, 0.25) is 5.16 Å². The molecule has 0 radical (unpaired) electrons. The van der Waals surface area contributed by atoms with E-state index < -0.39 is 0 Å². The average molecular weight is 235 g/mol. The lowest BCUT2D eigenvalue weighted by atomic mass is 10.1. The fourth-order valence-electron chi connectivity index (χ4n) is 1.45. The number of rotatable bonds is 4. The van der Waals surface area contributed by atoms with Crippen LogP contribution in [0.1, 0.15) is 19.0 Å². The molecule has 0 unspecified atom stereocenters. The maximum absolute atomic E-state index is 4.20. The first-order valence-electron chi connectivity index (χ1n) is 5.12. The standard InChI is InChI=1S/C10H13N5S/c1-3-4-8-7(5-12-13-8)9-6-11-10(16-2)15-14-9/h5-6H,3-4H2,1-2H3,(H,12,13). The zero-order chi connectivity index (χ0) is 11.4. The molecule has 2 aromatic rings. The molecule has 0 saturated carbocycles. The van der Waals surface area contributed by atoms with Crippen LogP contribution in [-0.4, -0.2) is 31.6 Å². The molecule has 0 amide bonds. The van der Waals surface area contributed by atoms with Gasteiger partial charge < -0.3 is 0 Å². The molecule has 0 aliphatic heterocycles. The lowest BCUT2D eigenvalue weighted by Crippen LogP contribution is -1.94. The van der Waals surface area contributed by atoms with E-state index in [1.54, 1.807) is 6.20 Å². The number of aromatic nitrogens is 5. The van der Waals surface area contributed by atoms with Crippen LogP contribution in [0.3, 0.4) is 0 Å². The van der Waals surface area contributed by atoms with Crippen molar-refractivity contribution in [3.05, 3.63) is 18.1 Å². The molecule has 0 atom stereocenters. The lowest BCUT2D eigenvalue weighted by Gasteiger charge is -1.99. The molecule has 2 rings (SSSR count). The van der Waals surface area contributed by atoms with Crippen molar-refractivity contribution in [2.45, 2.75) is 24.9 Å². The molecular weight excluding hydrogens is 222 g/mol. The van der Waals surface area contributed by atoms with Crippen molar-refractivity contribution in [3.63, 3.8) is 0 Å². The highest BCUT2D eigenvalue weighted by molar-refractivity contribution is 7.98. The minimum Gasteiger partial charge on any atom is -0.285 e. The van der Waals surface area contributed by atoms with Crippen LogP contribution in [-0.2, 0) is 6.42 Å². The summed E-state index contributed by atoms with van der Waals surface area (Å²) in [6, 6.07) is 0. The molecule has 1 N–H and O–H groups in total. The van der Waals surface area contributed by atoms with E-state index in [-0.39, 0.29) is 0 Å². The molecule has 0 aliphatic carbocycles. The van der Waals surface area contributed by atoms with Gasteiger partial charge in [0.1, 0.15) is 5.69 Å². The van der Waals surface area contributed by atoms with Gasteiger partial charge in [0.05, 0.1) is 11.9 Å². The summed E-state index contributed by atoms with van der Waals surface area (Å²) in [6.45, 7) is 2.12. The van der Waals surface area contributed by atoms with Gasteiger partial charge in [-0.15, -0.1) is 10.2 Å². The van der Waals surface area contributed by atoms with Crippen LogP contribution in [0.25, 0.3) is 11.3 Å². The Bertz CT molecular complexity index is 450. The fraction of sp³-hybridized carbons (Fsp3) is 0.400. The molecule has 0 saturated heterocycles. The summed E-state index contributed by atoms with van der Waals surface area (Å²) in [5.74, 6) is 0. The first-order valence-corrected chi connectivity index (χ1v) is 6.34. The van der Waals surface area contributed by atoms with Gasteiger partial charge in [-0.25, -0.2) is 4.98 Å². The third-order valence-corrected chi connectivity index (χ3v) is 2.76. The van der Waals surface area contributed by atoms with Gasteiger partial charge in [0.15, 0.2) is 0 Å². The van der Waals surface area contributed by atoms with E-state index in [4.69, 9.17) is 0 Å². The van der Waals surface area contributed by atoms with Crippen LogP contribution >= 0.6 is 11.8 Å². The van der Waals surface area contributed by atoms with Gasteiger partial charge in [-0.3, -0.25) is 5.10 Å². The van der Waals surface area contributed by atoms with Gasteiger partial charge in [-0.05, 0) is 12.7 Å². The molecule has 0 bridgehead atoms. The Kier molecular flexibility index (Phi) is 3.51. The van der Waals surface area contributed by atoms with Crippen LogP contribution in [0.15, 0.2) is 17.6 Å². The molecule has 5 nitrogen and oxygen atoms in total. The highest BCUT2D eigenvalue weighted by Crippen LogP contribution is 2.20. The second kappa shape index (κ2) is 5.07. The Morgan fingerprint density at radius 3 is 2.88 bits per heavy atom. The van der Waals surface area contributed by atoms with Crippen molar-refractivity contribution in [2.24, 2.45) is 0 Å². The van der Waals surface area contributed by atoms with Gasteiger partial charge in [0, 0.05) is 11.8 Å². The topological polar surface area (TPSA) is 67.3 Å². The molecule has 0 aliphatic rings. The predicted molar refractivity (Wildman–Crippen MR) is 63.2 cm³/mol. The largest absolute Gasteiger partial charge is 0.285 e. The van der Waals surface area contributed by atoms with E-state index in [0.717, 1.165) is 29.8 Å². The van der Waals surface area contributed by atoms with Gasteiger partial charge >= 0.3 is 0 Å². The maximum Gasteiger partial charge on any atom is 0.208 e. The minimum absolute atomic E-state index is 0.685. The summed E-state index contributed by atoms with van der Waals surface area (Å²) >= 11 is 1.48. The maximum atomic E-state index is 4.20. The Morgan fingerprint density at radius 1 is 1.38 bits per heavy atom. The van der Waals surface area contributed by atoms with Crippen molar-refractivity contribution in [1.29, 1.82) is 0 Å². The highest BCUT2D eigenvalue weighted by Gasteiger charge is 2.09. The van der Waals surface area contributed by atoms with Crippen molar-refractivity contribution >= 4 is 11.8 Å². The van der Waals surface area contributed by atoms with Crippen molar-refractivity contribution in [1.82, 2.24) is 25.4 Å².